The average Bonchev–Trinajstić information content (AvgIpc) is 3.15. The van der Waals surface area contributed by atoms with Crippen LogP contribution in [-0.2, 0) is 13.0 Å². The van der Waals surface area contributed by atoms with Crippen LogP contribution in [0.4, 0.5) is 0 Å². The molecular formula is C21H21NO4. The Hall–Kier alpha value is -3.05. The highest BCUT2D eigenvalue weighted by Crippen LogP contribution is 2.22. The van der Waals surface area contributed by atoms with Crippen molar-refractivity contribution in [2.45, 2.75) is 13.0 Å². The van der Waals surface area contributed by atoms with Gasteiger partial charge in [0.2, 0.25) is 0 Å². The summed E-state index contributed by atoms with van der Waals surface area (Å²) in [4.78, 5) is 10.9. The number of hydrogen-bond acceptors (Lipinski definition) is 4. The fourth-order valence-corrected chi connectivity index (χ4v) is 2.64. The van der Waals surface area contributed by atoms with Gasteiger partial charge in [-0.05, 0) is 54.9 Å². The van der Waals surface area contributed by atoms with Gasteiger partial charge in [0.15, 0.2) is 0 Å². The number of hydrogen-bond donors (Lipinski definition) is 2. The normalized spacial score (nSPS) is 10.7. The quantitative estimate of drug-likeness (QED) is 0.601. The number of rotatable bonds is 8. The zero-order valence-corrected chi connectivity index (χ0v) is 14.6. The Morgan fingerprint density at radius 2 is 1.77 bits per heavy atom. The first-order chi connectivity index (χ1) is 12.7. The van der Waals surface area contributed by atoms with E-state index in [0.717, 1.165) is 35.8 Å². The van der Waals surface area contributed by atoms with Gasteiger partial charge in [0.25, 0.3) is 0 Å². The minimum atomic E-state index is -0.933. The van der Waals surface area contributed by atoms with Crippen molar-refractivity contribution in [2.24, 2.45) is 0 Å². The Labute approximate surface area is 152 Å². The molecule has 1 heterocycles. The van der Waals surface area contributed by atoms with Gasteiger partial charge in [-0.2, -0.15) is 0 Å². The molecule has 3 aromatic rings. The molecule has 1 aromatic heterocycles. The molecule has 5 nitrogen and oxygen atoms in total. The molecule has 0 unspecified atom stereocenters. The molecule has 0 radical (unpaired) electrons. The average molecular weight is 351 g/mol. The van der Waals surface area contributed by atoms with Crippen molar-refractivity contribution in [1.29, 1.82) is 0 Å². The fourth-order valence-electron chi connectivity index (χ4n) is 2.64. The lowest BCUT2D eigenvalue weighted by molar-refractivity contribution is 0.0697. The Morgan fingerprint density at radius 1 is 1.04 bits per heavy atom. The van der Waals surface area contributed by atoms with Crippen molar-refractivity contribution < 1.29 is 19.1 Å². The predicted molar refractivity (Wildman–Crippen MR) is 99.5 cm³/mol. The van der Waals surface area contributed by atoms with E-state index in [4.69, 9.17) is 14.3 Å². The molecule has 0 saturated carbocycles. The number of furan rings is 1. The Morgan fingerprint density at radius 3 is 2.42 bits per heavy atom. The molecule has 5 heteroatoms. The van der Waals surface area contributed by atoms with Crippen LogP contribution >= 0.6 is 0 Å². The van der Waals surface area contributed by atoms with Crippen molar-refractivity contribution in [3.8, 4) is 17.1 Å². The molecule has 0 saturated heterocycles. The maximum Gasteiger partial charge on any atom is 0.335 e. The van der Waals surface area contributed by atoms with Crippen molar-refractivity contribution in [2.75, 3.05) is 13.7 Å². The van der Waals surface area contributed by atoms with Gasteiger partial charge in [0.05, 0.1) is 19.2 Å². The standard InChI is InChI=1S/C21H21NO4/c1-25-18-8-2-15(3-9-18)12-13-22-14-19-10-11-20(26-19)16-4-6-17(7-5-16)21(23)24/h2-11,22H,12-14H2,1H3,(H,23,24). The molecule has 0 fully saturated rings. The Bertz CT molecular complexity index is 850. The minimum Gasteiger partial charge on any atom is -0.497 e. The highest BCUT2D eigenvalue weighted by Gasteiger charge is 2.07. The van der Waals surface area contributed by atoms with Gasteiger partial charge in [-0.1, -0.05) is 24.3 Å². The summed E-state index contributed by atoms with van der Waals surface area (Å²) in [5.74, 6) is 1.50. The van der Waals surface area contributed by atoms with E-state index in [1.807, 2.05) is 24.3 Å². The fraction of sp³-hybridized carbons (Fsp3) is 0.190. The number of methoxy groups -OCH3 is 1. The lowest BCUT2D eigenvalue weighted by Gasteiger charge is -2.05. The van der Waals surface area contributed by atoms with E-state index in [9.17, 15) is 4.79 Å². The molecule has 3 rings (SSSR count). The molecule has 0 bridgehead atoms. The monoisotopic (exact) mass is 351 g/mol. The van der Waals surface area contributed by atoms with Gasteiger partial charge in [0.1, 0.15) is 17.3 Å². The highest BCUT2D eigenvalue weighted by atomic mass is 16.5. The van der Waals surface area contributed by atoms with Gasteiger partial charge >= 0.3 is 5.97 Å². The molecule has 0 amide bonds. The molecule has 134 valence electrons. The summed E-state index contributed by atoms with van der Waals surface area (Å²) in [6.07, 6.45) is 0.925. The Kier molecular flexibility index (Phi) is 5.71. The lowest BCUT2D eigenvalue weighted by atomic mass is 10.1. The zero-order valence-electron chi connectivity index (χ0n) is 14.6. The third-order valence-corrected chi connectivity index (χ3v) is 4.13. The van der Waals surface area contributed by atoms with Gasteiger partial charge in [-0.15, -0.1) is 0 Å². The third-order valence-electron chi connectivity index (χ3n) is 4.13. The van der Waals surface area contributed by atoms with Crippen LogP contribution in [0.3, 0.4) is 0 Å². The van der Waals surface area contributed by atoms with Crippen LogP contribution in [0.2, 0.25) is 0 Å². The molecule has 0 atom stereocenters. The molecule has 0 aliphatic rings. The summed E-state index contributed by atoms with van der Waals surface area (Å²) in [7, 11) is 1.66. The summed E-state index contributed by atoms with van der Waals surface area (Å²) in [5.41, 5.74) is 2.37. The smallest absolute Gasteiger partial charge is 0.335 e. The van der Waals surface area contributed by atoms with Crippen LogP contribution in [0.25, 0.3) is 11.3 Å². The van der Waals surface area contributed by atoms with Gasteiger partial charge in [-0.25, -0.2) is 4.79 Å². The molecule has 0 aliphatic carbocycles. The first-order valence-corrected chi connectivity index (χ1v) is 8.42. The second kappa shape index (κ2) is 8.36. The summed E-state index contributed by atoms with van der Waals surface area (Å²) in [5, 5.41) is 12.3. The second-order valence-electron chi connectivity index (χ2n) is 5.92. The maximum absolute atomic E-state index is 10.9. The highest BCUT2D eigenvalue weighted by molar-refractivity contribution is 5.88. The van der Waals surface area contributed by atoms with E-state index >= 15 is 0 Å². The van der Waals surface area contributed by atoms with Crippen LogP contribution in [0, 0.1) is 0 Å². The van der Waals surface area contributed by atoms with E-state index in [-0.39, 0.29) is 5.56 Å². The van der Waals surface area contributed by atoms with Crippen molar-refractivity contribution in [3.05, 3.63) is 77.6 Å². The first kappa shape index (κ1) is 17.8. The zero-order chi connectivity index (χ0) is 18.4. The minimum absolute atomic E-state index is 0.265. The topological polar surface area (TPSA) is 71.7 Å². The van der Waals surface area contributed by atoms with E-state index in [1.54, 1.807) is 31.4 Å². The molecule has 0 aliphatic heterocycles. The number of benzene rings is 2. The van der Waals surface area contributed by atoms with E-state index in [0.29, 0.717) is 6.54 Å². The van der Waals surface area contributed by atoms with Crippen molar-refractivity contribution in [1.82, 2.24) is 5.32 Å². The second-order valence-corrected chi connectivity index (χ2v) is 5.92. The summed E-state index contributed by atoms with van der Waals surface area (Å²) < 4.78 is 11.0. The van der Waals surface area contributed by atoms with Crippen LogP contribution in [0.5, 0.6) is 5.75 Å². The van der Waals surface area contributed by atoms with Gasteiger partial charge < -0.3 is 19.6 Å². The first-order valence-electron chi connectivity index (χ1n) is 8.42. The van der Waals surface area contributed by atoms with Gasteiger partial charge in [0, 0.05) is 5.56 Å². The summed E-state index contributed by atoms with van der Waals surface area (Å²) in [6, 6.07) is 18.5. The number of nitrogens with one attached hydrogen (secondary N) is 1. The molecule has 0 spiro atoms. The third kappa shape index (κ3) is 4.52. The molecule has 2 N–H and O–H groups in total. The van der Waals surface area contributed by atoms with Crippen molar-refractivity contribution >= 4 is 5.97 Å². The molecule has 26 heavy (non-hydrogen) atoms. The number of aromatic carboxylic acids is 1. The number of ether oxygens (including phenoxy) is 1. The van der Waals surface area contributed by atoms with Crippen molar-refractivity contribution in [3.63, 3.8) is 0 Å². The largest absolute Gasteiger partial charge is 0.497 e. The lowest BCUT2D eigenvalue weighted by Crippen LogP contribution is -2.16. The number of carboxylic acid groups (broad SMARTS) is 1. The number of carbonyl (C=O) groups is 1. The summed E-state index contributed by atoms with van der Waals surface area (Å²) in [6.45, 7) is 1.49. The number of carboxylic acids is 1. The summed E-state index contributed by atoms with van der Waals surface area (Å²) >= 11 is 0. The van der Waals surface area contributed by atoms with Crippen LogP contribution in [-0.4, -0.2) is 24.7 Å². The molecular weight excluding hydrogens is 330 g/mol. The van der Waals surface area contributed by atoms with Gasteiger partial charge in [-0.3, -0.25) is 0 Å². The SMILES string of the molecule is COc1ccc(CCNCc2ccc(-c3ccc(C(=O)O)cc3)o2)cc1. The maximum atomic E-state index is 10.9. The van der Waals surface area contributed by atoms with E-state index < -0.39 is 5.97 Å². The van der Waals surface area contributed by atoms with Crippen LogP contribution in [0.15, 0.2) is 65.1 Å². The van der Waals surface area contributed by atoms with Crippen LogP contribution in [0.1, 0.15) is 21.7 Å². The predicted octanol–water partition coefficient (Wildman–Crippen LogP) is 3.99. The van der Waals surface area contributed by atoms with Crippen LogP contribution < -0.4 is 10.1 Å². The van der Waals surface area contributed by atoms with E-state index in [2.05, 4.69) is 17.4 Å². The molecule has 2 aromatic carbocycles. The van der Waals surface area contributed by atoms with E-state index in [1.165, 1.54) is 5.56 Å². The Balaban J connectivity index is 1.49.